The maximum absolute atomic E-state index is 12.6. The van der Waals surface area contributed by atoms with Crippen molar-refractivity contribution >= 4 is 23.3 Å². The fraction of sp³-hybridized carbons (Fsp3) is 0.364. The van der Waals surface area contributed by atoms with Crippen LogP contribution in [0.15, 0.2) is 48.5 Å². The maximum Gasteiger partial charge on any atom is 0.307 e. The van der Waals surface area contributed by atoms with E-state index in [1.165, 1.54) is 0 Å². The summed E-state index contributed by atoms with van der Waals surface area (Å²) in [6, 6.07) is 15.1. The lowest BCUT2D eigenvalue weighted by molar-refractivity contribution is -0.136. The zero-order chi connectivity index (χ0) is 20.1. The highest BCUT2D eigenvalue weighted by molar-refractivity contribution is 6.05. The highest BCUT2D eigenvalue weighted by Gasteiger charge is 2.19. The molecule has 0 unspecified atom stereocenters. The summed E-state index contributed by atoms with van der Waals surface area (Å²) in [4.78, 5) is 28.4. The van der Waals surface area contributed by atoms with Crippen molar-refractivity contribution in [3.63, 3.8) is 0 Å². The number of carboxylic acids is 1. The van der Waals surface area contributed by atoms with Gasteiger partial charge in [0, 0.05) is 49.2 Å². The Morgan fingerprint density at radius 3 is 2.25 bits per heavy atom. The fourth-order valence-electron chi connectivity index (χ4n) is 3.47. The molecule has 3 rings (SSSR count). The zero-order valence-corrected chi connectivity index (χ0v) is 16.4. The SMILES string of the molecule is CC(C)N1CCN(c2ccc(C(=O)Nc3ccccc3CC(=O)O)cc2)CC1. The van der Waals surface area contributed by atoms with E-state index in [-0.39, 0.29) is 12.3 Å². The lowest BCUT2D eigenvalue weighted by Crippen LogP contribution is -2.48. The van der Waals surface area contributed by atoms with Crippen LogP contribution in [0.25, 0.3) is 0 Å². The van der Waals surface area contributed by atoms with Crippen LogP contribution in [-0.4, -0.2) is 54.1 Å². The minimum atomic E-state index is -0.927. The molecule has 0 bridgehead atoms. The third-order valence-corrected chi connectivity index (χ3v) is 5.15. The molecule has 1 amide bonds. The number of hydrogen-bond donors (Lipinski definition) is 2. The molecule has 0 saturated carbocycles. The van der Waals surface area contributed by atoms with Crippen molar-refractivity contribution in [3.05, 3.63) is 59.7 Å². The van der Waals surface area contributed by atoms with Crippen molar-refractivity contribution < 1.29 is 14.7 Å². The molecule has 2 aromatic rings. The quantitative estimate of drug-likeness (QED) is 0.804. The van der Waals surface area contributed by atoms with E-state index in [4.69, 9.17) is 5.11 Å². The van der Waals surface area contributed by atoms with Crippen LogP contribution in [0.4, 0.5) is 11.4 Å². The number of hydrogen-bond acceptors (Lipinski definition) is 4. The molecule has 0 radical (unpaired) electrons. The van der Waals surface area contributed by atoms with Gasteiger partial charge in [-0.3, -0.25) is 14.5 Å². The Hall–Kier alpha value is -2.86. The highest BCUT2D eigenvalue weighted by atomic mass is 16.4. The summed E-state index contributed by atoms with van der Waals surface area (Å²) >= 11 is 0. The second-order valence-electron chi connectivity index (χ2n) is 7.35. The standard InChI is InChI=1S/C22H27N3O3/c1-16(2)24-11-13-25(14-12-24)19-9-7-17(8-10-19)22(28)23-20-6-4-3-5-18(20)15-21(26)27/h3-10,16H,11-15H2,1-2H3,(H,23,28)(H,26,27). The van der Waals surface area contributed by atoms with E-state index in [0.29, 0.717) is 22.9 Å². The van der Waals surface area contributed by atoms with Gasteiger partial charge in [-0.2, -0.15) is 0 Å². The number of nitrogens with one attached hydrogen (secondary N) is 1. The summed E-state index contributed by atoms with van der Waals surface area (Å²) < 4.78 is 0. The third kappa shape index (κ3) is 4.89. The molecule has 0 aliphatic carbocycles. The predicted octanol–water partition coefficient (Wildman–Crippen LogP) is 3.10. The molecule has 6 nitrogen and oxygen atoms in total. The van der Waals surface area contributed by atoms with E-state index in [9.17, 15) is 9.59 Å². The number of carboxylic acid groups (broad SMARTS) is 1. The summed E-state index contributed by atoms with van der Waals surface area (Å²) in [5.74, 6) is -1.17. The van der Waals surface area contributed by atoms with Crippen LogP contribution in [0.2, 0.25) is 0 Å². The van der Waals surface area contributed by atoms with Crippen molar-refractivity contribution in [2.45, 2.75) is 26.3 Å². The van der Waals surface area contributed by atoms with E-state index < -0.39 is 5.97 Å². The average molecular weight is 381 g/mol. The molecule has 2 N–H and O–H groups in total. The van der Waals surface area contributed by atoms with Crippen LogP contribution in [0.5, 0.6) is 0 Å². The lowest BCUT2D eigenvalue weighted by Gasteiger charge is -2.38. The van der Waals surface area contributed by atoms with E-state index in [2.05, 4.69) is 29.0 Å². The number of carbonyl (C=O) groups excluding carboxylic acids is 1. The summed E-state index contributed by atoms with van der Waals surface area (Å²) in [6.45, 7) is 8.48. The van der Waals surface area contributed by atoms with Crippen molar-refractivity contribution in [1.29, 1.82) is 0 Å². The zero-order valence-electron chi connectivity index (χ0n) is 16.4. The predicted molar refractivity (Wildman–Crippen MR) is 111 cm³/mol. The number of nitrogens with zero attached hydrogens (tertiary/aromatic N) is 2. The molecule has 1 aliphatic heterocycles. The number of anilines is 2. The molecule has 148 valence electrons. The van der Waals surface area contributed by atoms with Gasteiger partial charge in [-0.05, 0) is 49.7 Å². The second kappa shape index (κ2) is 8.89. The molecule has 6 heteroatoms. The van der Waals surface area contributed by atoms with E-state index in [1.807, 2.05) is 24.3 Å². The van der Waals surface area contributed by atoms with Crippen LogP contribution in [0.1, 0.15) is 29.8 Å². The van der Waals surface area contributed by atoms with E-state index in [1.54, 1.807) is 24.3 Å². The first-order valence-electron chi connectivity index (χ1n) is 9.64. The number of rotatable bonds is 6. The molecular formula is C22H27N3O3. The first kappa shape index (κ1) is 19.9. The van der Waals surface area contributed by atoms with Gasteiger partial charge in [-0.1, -0.05) is 18.2 Å². The lowest BCUT2D eigenvalue weighted by atomic mass is 10.1. The summed E-state index contributed by atoms with van der Waals surface area (Å²) in [5.41, 5.74) is 2.78. The molecule has 0 aromatic heterocycles. The van der Waals surface area contributed by atoms with Gasteiger partial charge in [-0.25, -0.2) is 0 Å². The van der Waals surface area contributed by atoms with Gasteiger partial charge in [0.15, 0.2) is 0 Å². The van der Waals surface area contributed by atoms with Crippen molar-refractivity contribution in [1.82, 2.24) is 4.90 Å². The number of para-hydroxylation sites is 1. The van der Waals surface area contributed by atoms with Gasteiger partial charge >= 0.3 is 5.97 Å². The maximum atomic E-state index is 12.6. The van der Waals surface area contributed by atoms with Crippen molar-refractivity contribution in [3.8, 4) is 0 Å². The average Bonchev–Trinajstić information content (AvgIpc) is 2.69. The Morgan fingerprint density at radius 1 is 1.00 bits per heavy atom. The molecule has 1 fully saturated rings. The first-order chi connectivity index (χ1) is 13.4. The van der Waals surface area contributed by atoms with Crippen LogP contribution in [0.3, 0.4) is 0 Å². The Balaban J connectivity index is 1.64. The smallest absolute Gasteiger partial charge is 0.307 e. The minimum Gasteiger partial charge on any atom is -0.481 e. The molecule has 1 saturated heterocycles. The number of amides is 1. The summed E-state index contributed by atoms with van der Waals surface area (Å²) in [6.07, 6.45) is -0.127. The van der Waals surface area contributed by atoms with Crippen LogP contribution in [-0.2, 0) is 11.2 Å². The molecule has 1 heterocycles. The Morgan fingerprint density at radius 2 is 1.64 bits per heavy atom. The molecule has 2 aromatic carbocycles. The van der Waals surface area contributed by atoms with Gasteiger partial charge in [0.25, 0.3) is 5.91 Å². The largest absolute Gasteiger partial charge is 0.481 e. The van der Waals surface area contributed by atoms with E-state index in [0.717, 1.165) is 31.9 Å². The van der Waals surface area contributed by atoms with Gasteiger partial charge in [-0.15, -0.1) is 0 Å². The third-order valence-electron chi connectivity index (χ3n) is 5.15. The monoisotopic (exact) mass is 381 g/mol. The number of piperazine rings is 1. The Labute approximate surface area is 165 Å². The Bertz CT molecular complexity index is 825. The molecule has 0 spiro atoms. The van der Waals surface area contributed by atoms with E-state index >= 15 is 0 Å². The summed E-state index contributed by atoms with van der Waals surface area (Å²) in [7, 11) is 0. The topological polar surface area (TPSA) is 72.9 Å². The van der Waals surface area contributed by atoms with Gasteiger partial charge < -0.3 is 15.3 Å². The van der Waals surface area contributed by atoms with Crippen LogP contribution < -0.4 is 10.2 Å². The molecular weight excluding hydrogens is 354 g/mol. The fourth-order valence-corrected chi connectivity index (χ4v) is 3.47. The second-order valence-corrected chi connectivity index (χ2v) is 7.35. The van der Waals surface area contributed by atoms with Crippen molar-refractivity contribution in [2.24, 2.45) is 0 Å². The first-order valence-corrected chi connectivity index (χ1v) is 9.64. The number of benzene rings is 2. The Kier molecular flexibility index (Phi) is 6.31. The van der Waals surface area contributed by atoms with Crippen LogP contribution >= 0.6 is 0 Å². The van der Waals surface area contributed by atoms with Gasteiger partial charge in [0.1, 0.15) is 0 Å². The number of carbonyl (C=O) groups is 2. The van der Waals surface area contributed by atoms with Crippen molar-refractivity contribution in [2.75, 3.05) is 36.4 Å². The number of aliphatic carboxylic acids is 1. The molecule has 1 aliphatic rings. The normalized spacial score (nSPS) is 14.9. The van der Waals surface area contributed by atoms with Gasteiger partial charge in [0.05, 0.1) is 6.42 Å². The van der Waals surface area contributed by atoms with Gasteiger partial charge in [0.2, 0.25) is 0 Å². The highest BCUT2D eigenvalue weighted by Crippen LogP contribution is 2.20. The minimum absolute atomic E-state index is 0.127. The molecule has 28 heavy (non-hydrogen) atoms. The molecule has 0 atom stereocenters. The van der Waals surface area contributed by atoms with Crippen LogP contribution in [0, 0.1) is 0 Å². The summed E-state index contributed by atoms with van der Waals surface area (Å²) in [5, 5.41) is 11.9.